The van der Waals surface area contributed by atoms with Gasteiger partial charge >= 0.3 is 5.97 Å². The summed E-state index contributed by atoms with van der Waals surface area (Å²) in [6.45, 7) is -0.431. The molecule has 0 saturated heterocycles. The van der Waals surface area contributed by atoms with Gasteiger partial charge < -0.3 is 15.9 Å². The van der Waals surface area contributed by atoms with Crippen molar-refractivity contribution in [3.05, 3.63) is 35.1 Å². The summed E-state index contributed by atoms with van der Waals surface area (Å²) in [5.41, 5.74) is 5.34. The van der Waals surface area contributed by atoms with Crippen molar-refractivity contribution >= 4 is 5.97 Å². The fraction of sp³-hybridized carbons (Fsp3) is 0.222. The molecular weight excluding hydrogens is 189 g/mol. The van der Waals surface area contributed by atoms with Gasteiger partial charge in [0.15, 0.2) is 0 Å². The van der Waals surface area contributed by atoms with Gasteiger partial charge in [-0.2, -0.15) is 0 Å². The number of carbonyl (C=O) groups is 1. The minimum absolute atomic E-state index is 0.00685. The summed E-state index contributed by atoms with van der Waals surface area (Å²) in [4.78, 5) is 10.5. The van der Waals surface area contributed by atoms with Crippen molar-refractivity contribution in [2.45, 2.75) is 6.04 Å². The molecule has 0 unspecified atom stereocenters. The Morgan fingerprint density at radius 1 is 1.57 bits per heavy atom. The molecule has 0 amide bonds. The molecule has 0 heterocycles. The minimum Gasteiger partial charge on any atom is -0.478 e. The first-order chi connectivity index (χ1) is 6.56. The van der Waals surface area contributed by atoms with Crippen molar-refractivity contribution in [2.24, 2.45) is 5.73 Å². The maximum absolute atomic E-state index is 13.1. The summed E-state index contributed by atoms with van der Waals surface area (Å²) >= 11 is 0. The summed E-state index contributed by atoms with van der Waals surface area (Å²) in [6.07, 6.45) is 0. The Bertz CT molecular complexity index is 354. The van der Waals surface area contributed by atoms with Crippen molar-refractivity contribution in [2.75, 3.05) is 6.61 Å². The monoisotopic (exact) mass is 199 g/mol. The fourth-order valence-electron chi connectivity index (χ4n) is 1.06. The molecule has 1 rings (SSSR count). The molecular formula is C9H10FNO3. The second kappa shape index (κ2) is 4.17. The highest BCUT2D eigenvalue weighted by Crippen LogP contribution is 2.16. The van der Waals surface area contributed by atoms with E-state index in [0.717, 1.165) is 18.2 Å². The molecule has 0 radical (unpaired) electrons. The maximum Gasteiger partial charge on any atom is 0.335 e. The molecule has 0 fully saturated rings. The Morgan fingerprint density at radius 2 is 2.21 bits per heavy atom. The van der Waals surface area contributed by atoms with Crippen molar-refractivity contribution in [1.29, 1.82) is 0 Å². The Morgan fingerprint density at radius 3 is 2.71 bits per heavy atom. The van der Waals surface area contributed by atoms with Crippen LogP contribution in [-0.2, 0) is 0 Å². The number of aliphatic hydroxyl groups excluding tert-OH is 1. The first kappa shape index (κ1) is 10.6. The molecule has 76 valence electrons. The van der Waals surface area contributed by atoms with Gasteiger partial charge in [-0.25, -0.2) is 9.18 Å². The number of carboxylic acids is 1. The Kier molecular flexibility index (Phi) is 3.16. The van der Waals surface area contributed by atoms with Crippen LogP contribution >= 0.6 is 0 Å². The first-order valence-electron chi connectivity index (χ1n) is 3.95. The minimum atomic E-state index is -1.16. The summed E-state index contributed by atoms with van der Waals surface area (Å²) in [7, 11) is 0. The first-order valence-corrected chi connectivity index (χ1v) is 3.95. The van der Waals surface area contributed by atoms with Crippen molar-refractivity contribution in [3.8, 4) is 0 Å². The Labute approximate surface area is 79.8 Å². The predicted molar refractivity (Wildman–Crippen MR) is 47.4 cm³/mol. The van der Waals surface area contributed by atoms with Crippen molar-refractivity contribution in [3.63, 3.8) is 0 Å². The maximum atomic E-state index is 13.1. The van der Waals surface area contributed by atoms with E-state index in [0.29, 0.717) is 0 Å². The zero-order valence-corrected chi connectivity index (χ0v) is 7.27. The normalized spacial score (nSPS) is 12.5. The second-order valence-electron chi connectivity index (χ2n) is 2.83. The van der Waals surface area contributed by atoms with E-state index in [4.69, 9.17) is 15.9 Å². The molecule has 0 saturated carbocycles. The van der Waals surface area contributed by atoms with Gasteiger partial charge in [0.2, 0.25) is 0 Å². The summed E-state index contributed by atoms with van der Waals surface area (Å²) in [5.74, 6) is -1.77. The number of aliphatic hydroxyl groups is 1. The number of carboxylic acid groups (broad SMARTS) is 1. The third-order valence-electron chi connectivity index (χ3n) is 1.84. The van der Waals surface area contributed by atoms with Crippen LogP contribution in [0.4, 0.5) is 4.39 Å². The molecule has 0 aliphatic carbocycles. The van der Waals surface area contributed by atoms with E-state index in [1.165, 1.54) is 0 Å². The predicted octanol–water partition coefficient (Wildman–Crippen LogP) is 0.516. The third kappa shape index (κ3) is 2.07. The number of rotatable bonds is 3. The molecule has 0 aliphatic rings. The average Bonchev–Trinajstić information content (AvgIpc) is 2.17. The molecule has 4 N–H and O–H groups in total. The van der Waals surface area contributed by atoms with E-state index in [2.05, 4.69) is 0 Å². The lowest BCUT2D eigenvalue weighted by atomic mass is 10.0. The molecule has 0 aliphatic heterocycles. The van der Waals surface area contributed by atoms with E-state index in [-0.39, 0.29) is 11.1 Å². The topological polar surface area (TPSA) is 83.5 Å². The second-order valence-corrected chi connectivity index (χ2v) is 2.83. The lowest BCUT2D eigenvalue weighted by molar-refractivity contribution is 0.0696. The molecule has 14 heavy (non-hydrogen) atoms. The van der Waals surface area contributed by atoms with Crippen LogP contribution in [0.2, 0.25) is 0 Å². The highest BCUT2D eigenvalue weighted by atomic mass is 19.1. The van der Waals surface area contributed by atoms with Crippen LogP contribution in [0.3, 0.4) is 0 Å². The van der Waals surface area contributed by atoms with Gasteiger partial charge in [-0.1, -0.05) is 0 Å². The van der Waals surface area contributed by atoms with Crippen molar-refractivity contribution < 1.29 is 19.4 Å². The number of halogens is 1. The number of aromatic carboxylic acids is 1. The third-order valence-corrected chi connectivity index (χ3v) is 1.84. The zero-order chi connectivity index (χ0) is 10.7. The van der Waals surface area contributed by atoms with Gasteiger partial charge in [0.1, 0.15) is 5.82 Å². The Hall–Kier alpha value is -1.46. The molecule has 1 aromatic carbocycles. The lowest BCUT2D eigenvalue weighted by Gasteiger charge is -2.10. The highest BCUT2D eigenvalue weighted by molar-refractivity contribution is 5.87. The van der Waals surface area contributed by atoms with E-state index in [9.17, 15) is 9.18 Å². The average molecular weight is 199 g/mol. The zero-order valence-electron chi connectivity index (χ0n) is 7.27. The SMILES string of the molecule is N[C@H](CO)c1cc(C(=O)O)ccc1F. The summed E-state index contributed by atoms with van der Waals surface area (Å²) < 4.78 is 13.1. The fourth-order valence-corrected chi connectivity index (χ4v) is 1.06. The van der Waals surface area contributed by atoms with Gasteiger partial charge in [-0.3, -0.25) is 0 Å². The number of hydrogen-bond acceptors (Lipinski definition) is 3. The van der Waals surface area contributed by atoms with Crippen LogP contribution < -0.4 is 5.73 Å². The van der Waals surface area contributed by atoms with Crippen LogP contribution in [0.15, 0.2) is 18.2 Å². The smallest absolute Gasteiger partial charge is 0.335 e. The van der Waals surface area contributed by atoms with Gasteiger partial charge in [0.25, 0.3) is 0 Å². The quantitative estimate of drug-likeness (QED) is 0.662. The number of benzene rings is 1. The molecule has 0 spiro atoms. The standard InChI is InChI=1S/C9H10FNO3/c10-7-2-1-5(9(13)14)3-6(7)8(11)4-12/h1-3,8,12H,4,11H2,(H,13,14)/t8-/m1/s1. The number of nitrogens with two attached hydrogens (primary N) is 1. The van der Waals surface area contributed by atoms with E-state index in [1.807, 2.05) is 0 Å². The van der Waals surface area contributed by atoms with Gasteiger partial charge in [0.05, 0.1) is 18.2 Å². The van der Waals surface area contributed by atoms with E-state index < -0.39 is 24.4 Å². The van der Waals surface area contributed by atoms with Gasteiger partial charge in [-0.15, -0.1) is 0 Å². The molecule has 1 aromatic rings. The largest absolute Gasteiger partial charge is 0.478 e. The van der Waals surface area contributed by atoms with E-state index in [1.54, 1.807) is 0 Å². The lowest BCUT2D eigenvalue weighted by Crippen LogP contribution is -2.16. The molecule has 0 aromatic heterocycles. The van der Waals surface area contributed by atoms with Crippen LogP contribution in [0, 0.1) is 5.82 Å². The van der Waals surface area contributed by atoms with Gasteiger partial charge in [-0.05, 0) is 18.2 Å². The van der Waals surface area contributed by atoms with Crippen LogP contribution in [0.5, 0.6) is 0 Å². The van der Waals surface area contributed by atoms with Crippen LogP contribution in [0.25, 0.3) is 0 Å². The molecule has 5 heteroatoms. The highest BCUT2D eigenvalue weighted by Gasteiger charge is 2.13. The van der Waals surface area contributed by atoms with Crippen molar-refractivity contribution in [1.82, 2.24) is 0 Å². The molecule has 4 nitrogen and oxygen atoms in total. The molecule has 0 bridgehead atoms. The van der Waals surface area contributed by atoms with Gasteiger partial charge in [0, 0.05) is 5.56 Å². The number of hydrogen-bond donors (Lipinski definition) is 3. The summed E-state index contributed by atoms with van der Waals surface area (Å²) in [5, 5.41) is 17.3. The summed E-state index contributed by atoms with van der Waals surface area (Å²) in [6, 6.07) is 2.40. The molecule has 1 atom stereocenters. The Balaban J connectivity index is 3.14. The van der Waals surface area contributed by atoms with E-state index >= 15 is 0 Å². The van der Waals surface area contributed by atoms with Crippen LogP contribution in [0.1, 0.15) is 22.0 Å². The van der Waals surface area contributed by atoms with Crippen LogP contribution in [-0.4, -0.2) is 22.8 Å².